The fourth-order valence-corrected chi connectivity index (χ4v) is 3.60. The minimum atomic E-state index is -0.713. The first kappa shape index (κ1) is 18.7. The molecule has 1 saturated heterocycles. The molecule has 140 valence electrons. The topological polar surface area (TPSA) is 41.9 Å². The van der Waals surface area contributed by atoms with E-state index < -0.39 is 5.72 Å². The van der Waals surface area contributed by atoms with Crippen LogP contribution in [0.15, 0.2) is 48.5 Å². The van der Waals surface area contributed by atoms with Crippen LogP contribution in [-0.4, -0.2) is 43.0 Å². The van der Waals surface area contributed by atoms with E-state index in [0.29, 0.717) is 13.0 Å². The van der Waals surface area contributed by atoms with Crippen LogP contribution >= 0.6 is 0 Å². The summed E-state index contributed by atoms with van der Waals surface area (Å²) in [4.78, 5) is 2.03. The Morgan fingerprint density at radius 1 is 1.12 bits per heavy atom. The van der Waals surface area contributed by atoms with Crippen molar-refractivity contribution in [2.24, 2.45) is 0 Å². The molecule has 0 amide bonds. The van der Waals surface area contributed by atoms with Gasteiger partial charge in [0.1, 0.15) is 17.2 Å². The van der Waals surface area contributed by atoms with E-state index in [1.807, 2.05) is 42.3 Å². The molecule has 1 unspecified atom stereocenters. The van der Waals surface area contributed by atoms with Crippen molar-refractivity contribution in [1.82, 2.24) is 4.90 Å². The summed E-state index contributed by atoms with van der Waals surface area (Å²) < 4.78 is 11.3. The number of aryl methyl sites for hydroxylation is 2. The van der Waals surface area contributed by atoms with Gasteiger partial charge in [-0.25, -0.2) is 0 Å². The number of aliphatic hydroxyl groups is 1. The highest BCUT2D eigenvalue weighted by atomic mass is 16.5. The van der Waals surface area contributed by atoms with Gasteiger partial charge in [-0.1, -0.05) is 30.3 Å². The van der Waals surface area contributed by atoms with E-state index in [4.69, 9.17) is 9.47 Å². The Morgan fingerprint density at radius 3 is 2.73 bits per heavy atom. The van der Waals surface area contributed by atoms with Crippen LogP contribution in [0, 0.1) is 0 Å². The van der Waals surface area contributed by atoms with Gasteiger partial charge in [-0.15, -0.1) is 0 Å². The molecule has 1 N–H and O–H groups in total. The molecule has 26 heavy (non-hydrogen) atoms. The number of methoxy groups -OCH3 is 1. The summed E-state index contributed by atoms with van der Waals surface area (Å²) in [5.41, 5.74) is 1.73. The second-order valence-corrected chi connectivity index (χ2v) is 7.07. The number of benzene rings is 2. The lowest BCUT2D eigenvalue weighted by Crippen LogP contribution is -2.42. The van der Waals surface area contributed by atoms with E-state index in [-0.39, 0.29) is 0 Å². The smallest absolute Gasteiger partial charge is 0.122 e. The summed E-state index contributed by atoms with van der Waals surface area (Å²) in [5.74, 6) is 1.81. The van der Waals surface area contributed by atoms with Gasteiger partial charge in [0.15, 0.2) is 0 Å². The number of hydrogen-bond donors (Lipinski definition) is 1. The molecule has 0 saturated carbocycles. The van der Waals surface area contributed by atoms with Gasteiger partial charge < -0.3 is 14.6 Å². The Bertz CT molecular complexity index is 718. The maximum absolute atomic E-state index is 10.6. The van der Waals surface area contributed by atoms with Gasteiger partial charge in [0, 0.05) is 13.0 Å². The molecule has 4 heteroatoms. The first-order valence-electron chi connectivity index (χ1n) is 9.38. The van der Waals surface area contributed by atoms with E-state index >= 15 is 0 Å². The highest BCUT2D eigenvalue weighted by Gasteiger charge is 2.35. The van der Waals surface area contributed by atoms with Crippen LogP contribution in [0.25, 0.3) is 0 Å². The van der Waals surface area contributed by atoms with Crippen LogP contribution in [0.3, 0.4) is 0 Å². The maximum Gasteiger partial charge on any atom is 0.122 e. The zero-order valence-electron chi connectivity index (χ0n) is 15.8. The van der Waals surface area contributed by atoms with E-state index in [1.165, 1.54) is 11.1 Å². The molecule has 0 bridgehead atoms. The van der Waals surface area contributed by atoms with Crippen LogP contribution in [0.5, 0.6) is 11.5 Å². The third-order valence-corrected chi connectivity index (χ3v) is 5.33. The molecule has 1 heterocycles. The SMILES string of the molecule is COc1cccc(CCc2ccccc2OCCC2(O)CCCN2C)c1. The van der Waals surface area contributed by atoms with Gasteiger partial charge in [0.25, 0.3) is 0 Å². The van der Waals surface area contributed by atoms with Gasteiger partial charge in [0.05, 0.1) is 13.7 Å². The van der Waals surface area contributed by atoms with Crippen molar-refractivity contribution < 1.29 is 14.6 Å². The number of likely N-dealkylation sites (tertiary alicyclic amines) is 1. The van der Waals surface area contributed by atoms with Crippen molar-refractivity contribution in [2.75, 3.05) is 27.3 Å². The fourth-order valence-electron chi connectivity index (χ4n) is 3.60. The summed E-state index contributed by atoms with van der Waals surface area (Å²) >= 11 is 0. The molecule has 3 rings (SSSR count). The molecule has 1 aliphatic heterocycles. The van der Waals surface area contributed by atoms with Crippen molar-refractivity contribution in [3.05, 3.63) is 59.7 Å². The van der Waals surface area contributed by atoms with Crippen LogP contribution in [-0.2, 0) is 12.8 Å². The number of hydrogen-bond acceptors (Lipinski definition) is 4. The van der Waals surface area contributed by atoms with Crippen molar-refractivity contribution >= 4 is 0 Å². The number of nitrogens with zero attached hydrogens (tertiary/aromatic N) is 1. The Morgan fingerprint density at radius 2 is 1.96 bits per heavy atom. The second-order valence-electron chi connectivity index (χ2n) is 7.07. The Kier molecular flexibility index (Phi) is 6.17. The molecule has 1 atom stereocenters. The van der Waals surface area contributed by atoms with Gasteiger partial charge in [-0.05, 0) is 62.1 Å². The number of ether oxygens (including phenoxy) is 2. The van der Waals surface area contributed by atoms with Gasteiger partial charge in [0.2, 0.25) is 0 Å². The minimum Gasteiger partial charge on any atom is -0.497 e. The quantitative estimate of drug-likeness (QED) is 0.785. The monoisotopic (exact) mass is 355 g/mol. The number of para-hydroxylation sites is 1. The summed E-state index contributed by atoms with van der Waals surface area (Å²) in [6, 6.07) is 16.4. The summed E-state index contributed by atoms with van der Waals surface area (Å²) in [6.07, 6.45) is 4.35. The first-order valence-corrected chi connectivity index (χ1v) is 9.38. The zero-order chi connectivity index (χ0) is 18.4. The summed E-state index contributed by atoms with van der Waals surface area (Å²) in [5, 5.41) is 10.6. The van der Waals surface area contributed by atoms with Gasteiger partial charge in [-0.3, -0.25) is 4.90 Å². The largest absolute Gasteiger partial charge is 0.497 e. The Hall–Kier alpha value is -2.04. The molecule has 2 aromatic carbocycles. The van der Waals surface area contributed by atoms with Gasteiger partial charge in [-0.2, -0.15) is 0 Å². The lowest BCUT2D eigenvalue weighted by Gasteiger charge is -2.30. The van der Waals surface area contributed by atoms with Crippen molar-refractivity contribution in [1.29, 1.82) is 0 Å². The van der Waals surface area contributed by atoms with Crippen LogP contribution < -0.4 is 9.47 Å². The lowest BCUT2D eigenvalue weighted by atomic mass is 10.0. The van der Waals surface area contributed by atoms with Crippen LogP contribution in [0.1, 0.15) is 30.4 Å². The zero-order valence-corrected chi connectivity index (χ0v) is 15.8. The third kappa shape index (κ3) is 4.57. The van der Waals surface area contributed by atoms with Crippen molar-refractivity contribution in [3.63, 3.8) is 0 Å². The highest BCUT2D eigenvalue weighted by Crippen LogP contribution is 2.29. The predicted molar refractivity (Wildman–Crippen MR) is 104 cm³/mol. The molecule has 0 spiro atoms. The van der Waals surface area contributed by atoms with Crippen molar-refractivity contribution in [3.8, 4) is 11.5 Å². The molecule has 1 fully saturated rings. The molecule has 0 radical (unpaired) electrons. The normalized spacial score (nSPS) is 20.3. The van der Waals surface area contributed by atoms with E-state index in [2.05, 4.69) is 18.2 Å². The Labute approximate surface area is 156 Å². The summed E-state index contributed by atoms with van der Waals surface area (Å²) in [7, 11) is 3.67. The van der Waals surface area contributed by atoms with E-state index in [9.17, 15) is 5.11 Å². The number of rotatable bonds is 8. The fraction of sp³-hybridized carbons (Fsp3) is 0.455. The van der Waals surface area contributed by atoms with E-state index in [0.717, 1.165) is 43.7 Å². The van der Waals surface area contributed by atoms with Gasteiger partial charge >= 0.3 is 0 Å². The average Bonchev–Trinajstić information content (AvgIpc) is 3.00. The maximum atomic E-state index is 10.6. The Balaban J connectivity index is 1.57. The molecule has 0 aromatic heterocycles. The summed E-state index contributed by atoms with van der Waals surface area (Å²) in [6.45, 7) is 1.48. The molecular weight excluding hydrogens is 326 g/mol. The standard InChI is InChI=1S/C22H29NO3/c1-23-15-6-13-22(23,24)14-16-26-21-10-4-3-8-19(21)12-11-18-7-5-9-20(17-18)25-2/h3-5,7-10,17,24H,6,11-16H2,1-2H3. The van der Waals surface area contributed by atoms with E-state index in [1.54, 1.807) is 7.11 Å². The molecule has 4 nitrogen and oxygen atoms in total. The van der Waals surface area contributed by atoms with Crippen LogP contribution in [0.2, 0.25) is 0 Å². The molecule has 0 aliphatic carbocycles. The highest BCUT2D eigenvalue weighted by molar-refractivity contribution is 5.35. The average molecular weight is 355 g/mol. The third-order valence-electron chi connectivity index (χ3n) is 5.33. The minimum absolute atomic E-state index is 0.525. The molecule has 2 aromatic rings. The van der Waals surface area contributed by atoms with Crippen molar-refractivity contribution in [2.45, 2.75) is 37.8 Å². The molecular formula is C22H29NO3. The second kappa shape index (κ2) is 8.56. The lowest BCUT2D eigenvalue weighted by molar-refractivity contribution is -0.0800. The first-order chi connectivity index (χ1) is 12.6. The molecule has 1 aliphatic rings. The van der Waals surface area contributed by atoms with Crippen LogP contribution in [0.4, 0.5) is 0 Å². The predicted octanol–water partition coefficient (Wildman–Crippen LogP) is 3.66.